The van der Waals surface area contributed by atoms with Crippen LogP contribution in [-0.2, 0) is 19.6 Å². The summed E-state index contributed by atoms with van der Waals surface area (Å²) in [6.45, 7) is 4.44. The van der Waals surface area contributed by atoms with Gasteiger partial charge in [-0.1, -0.05) is 12.1 Å². The fourth-order valence-corrected chi connectivity index (χ4v) is 5.44. The second-order valence-electron chi connectivity index (χ2n) is 8.00. The van der Waals surface area contributed by atoms with Gasteiger partial charge in [0.05, 0.1) is 22.9 Å². The van der Waals surface area contributed by atoms with Crippen molar-refractivity contribution < 1.29 is 27.5 Å². The van der Waals surface area contributed by atoms with Crippen molar-refractivity contribution in [3.8, 4) is 11.5 Å². The molecule has 33 heavy (non-hydrogen) atoms. The van der Waals surface area contributed by atoms with Gasteiger partial charge in [-0.15, -0.1) is 0 Å². The van der Waals surface area contributed by atoms with Crippen molar-refractivity contribution in [3.05, 3.63) is 42.5 Å². The average molecular weight is 474 g/mol. The van der Waals surface area contributed by atoms with Gasteiger partial charge in [-0.25, -0.2) is 8.42 Å². The highest BCUT2D eigenvalue weighted by Gasteiger charge is 2.33. The number of para-hydroxylation sites is 2. The zero-order valence-electron chi connectivity index (χ0n) is 18.5. The Kier molecular flexibility index (Phi) is 6.57. The number of amides is 2. The Labute approximate surface area is 193 Å². The number of ether oxygens (including phenoxy) is 2. The van der Waals surface area contributed by atoms with Crippen LogP contribution >= 0.6 is 0 Å². The van der Waals surface area contributed by atoms with E-state index in [1.807, 2.05) is 19.1 Å². The van der Waals surface area contributed by atoms with Crippen LogP contribution < -0.4 is 20.1 Å². The summed E-state index contributed by atoms with van der Waals surface area (Å²) >= 11 is 0. The summed E-state index contributed by atoms with van der Waals surface area (Å²) in [7, 11) is -3.77. The zero-order valence-corrected chi connectivity index (χ0v) is 19.4. The third-order valence-electron chi connectivity index (χ3n) is 5.79. The van der Waals surface area contributed by atoms with Crippen molar-refractivity contribution in [1.29, 1.82) is 0 Å². The molecule has 10 heteroatoms. The van der Waals surface area contributed by atoms with E-state index < -0.39 is 16.1 Å². The Morgan fingerprint density at radius 3 is 2.67 bits per heavy atom. The van der Waals surface area contributed by atoms with E-state index in [0.717, 1.165) is 0 Å². The number of anilines is 2. The molecule has 1 atom stereocenters. The van der Waals surface area contributed by atoms with Crippen LogP contribution in [0.4, 0.5) is 11.4 Å². The van der Waals surface area contributed by atoms with Crippen LogP contribution in [-0.4, -0.2) is 50.3 Å². The SMILES string of the molecule is CCOc1ccccc1NC(=O)C1CCN(S(=O)(=O)c2ccc3c(c2)NC(=O)C(C)O3)CC1. The highest BCUT2D eigenvalue weighted by molar-refractivity contribution is 7.89. The lowest BCUT2D eigenvalue weighted by atomic mass is 9.97. The quantitative estimate of drug-likeness (QED) is 0.667. The van der Waals surface area contributed by atoms with E-state index in [4.69, 9.17) is 9.47 Å². The van der Waals surface area contributed by atoms with Crippen LogP contribution in [0, 0.1) is 5.92 Å². The lowest BCUT2D eigenvalue weighted by molar-refractivity contribution is -0.123. The Hall–Kier alpha value is -3.11. The molecular formula is C23H27N3O6S. The molecule has 2 aromatic rings. The standard InChI is InChI=1S/C23H27N3O6S/c1-3-31-20-7-5-4-6-18(20)24-23(28)16-10-12-26(13-11-16)33(29,30)17-8-9-21-19(14-17)25-22(27)15(2)32-21/h4-9,14-16H,3,10-13H2,1-2H3,(H,24,28)(H,25,27). The van der Waals surface area contributed by atoms with Gasteiger partial charge in [0.1, 0.15) is 11.5 Å². The van der Waals surface area contributed by atoms with Gasteiger partial charge in [-0.05, 0) is 57.0 Å². The molecule has 1 saturated heterocycles. The molecule has 0 spiro atoms. The third-order valence-corrected chi connectivity index (χ3v) is 7.68. The summed E-state index contributed by atoms with van der Waals surface area (Å²) < 4.78 is 38.7. The lowest BCUT2D eigenvalue weighted by Crippen LogP contribution is -2.41. The average Bonchev–Trinajstić information content (AvgIpc) is 2.81. The van der Waals surface area contributed by atoms with Crippen molar-refractivity contribution in [3.63, 3.8) is 0 Å². The van der Waals surface area contributed by atoms with Crippen LogP contribution in [0.25, 0.3) is 0 Å². The van der Waals surface area contributed by atoms with Crippen LogP contribution in [0.15, 0.2) is 47.4 Å². The second kappa shape index (κ2) is 9.40. The molecule has 4 rings (SSSR count). The fraction of sp³-hybridized carbons (Fsp3) is 0.391. The van der Waals surface area contributed by atoms with Crippen molar-refractivity contribution >= 4 is 33.2 Å². The minimum atomic E-state index is -3.77. The summed E-state index contributed by atoms with van der Waals surface area (Å²) in [6.07, 6.45) is 0.180. The molecule has 0 radical (unpaired) electrons. The van der Waals surface area contributed by atoms with Crippen LogP contribution in [0.5, 0.6) is 11.5 Å². The molecule has 2 heterocycles. The first-order valence-electron chi connectivity index (χ1n) is 10.9. The van der Waals surface area contributed by atoms with E-state index in [1.54, 1.807) is 25.1 Å². The number of hydrogen-bond donors (Lipinski definition) is 2. The Morgan fingerprint density at radius 1 is 1.21 bits per heavy atom. The first-order valence-corrected chi connectivity index (χ1v) is 12.4. The maximum Gasteiger partial charge on any atom is 0.265 e. The van der Waals surface area contributed by atoms with Gasteiger partial charge in [-0.3, -0.25) is 9.59 Å². The predicted octanol–water partition coefficient (Wildman–Crippen LogP) is 2.84. The van der Waals surface area contributed by atoms with Crippen LogP contribution in [0.3, 0.4) is 0 Å². The Morgan fingerprint density at radius 2 is 1.94 bits per heavy atom. The third kappa shape index (κ3) is 4.81. The largest absolute Gasteiger partial charge is 0.492 e. The summed E-state index contributed by atoms with van der Waals surface area (Å²) in [5.74, 6) is 0.260. The molecule has 0 saturated carbocycles. The van der Waals surface area contributed by atoms with Gasteiger partial charge in [0.25, 0.3) is 5.91 Å². The van der Waals surface area contributed by atoms with E-state index in [2.05, 4.69) is 10.6 Å². The summed E-state index contributed by atoms with van der Waals surface area (Å²) in [6, 6.07) is 11.7. The van der Waals surface area contributed by atoms with Crippen molar-refractivity contribution in [1.82, 2.24) is 4.31 Å². The maximum absolute atomic E-state index is 13.2. The summed E-state index contributed by atoms with van der Waals surface area (Å²) in [5, 5.41) is 5.58. The number of piperidine rings is 1. The fourth-order valence-electron chi connectivity index (χ4n) is 3.94. The van der Waals surface area contributed by atoms with Crippen LogP contribution in [0.2, 0.25) is 0 Å². The zero-order chi connectivity index (χ0) is 23.6. The number of fused-ring (bicyclic) bond motifs is 1. The number of nitrogens with zero attached hydrogens (tertiary/aromatic N) is 1. The number of nitrogens with one attached hydrogen (secondary N) is 2. The van der Waals surface area contributed by atoms with E-state index >= 15 is 0 Å². The van der Waals surface area contributed by atoms with Gasteiger partial charge < -0.3 is 20.1 Å². The van der Waals surface area contributed by atoms with Crippen molar-refractivity contribution in [2.45, 2.75) is 37.7 Å². The molecule has 0 aromatic heterocycles. The molecular weight excluding hydrogens is 446 g/mol. The number of rotatable bonds is 6. The Bertz CT molecular complexity index is 1160. The number of carbonyl (C=O) groups excluding carboxylic acids is 2. The Balaban J connectivity index is 1.41. The number of hydrogen-bond acceptors (Lipinski definition) is 6. The van der Waals surface area contributed by atoms with E-state index in [0.29, 0.717) is 42.3 Å². The minimum absolute atomic E-state index is 0.0771. The number of carbonyl (C=O) groups is 2. The molecule has 2 aliphatic heterocycles. The number of benzene rings is 2. The van der Waals surface area contributed by atoms with Gasteiger partial charge in [-0.2, -0.15) is 4.31 Å². The maximum atomic E-state index is 13.2. The van der Waals surface area contributed by atoms with Gasteiger partial charge in [0.2, 0.25) is 15.9 Å². The van der Waals surface area contributed by atoms with Crippen molar-refractivity contribution in [2.24, 2.45) is 5.92 Å². The summed E-state index contributed by atoms with van der Waals surface area (Å²) in [5.41, 5.74) is 0.938. The first kappa shape index (κ1) is 23.1. The van der Waals surface area contributed by atoms with Gasteiger partial charge in [0.15, 0.2) is 6.10 Å². The van der Waals surface area contributed by atoms with Gasteiger partial charge in [0, 0.05) is 19.0 Å². The molecule has 2 aromatic carbocycles. The second-order valence-corrected chi connectivity index (χ2v) is 9.94. The van der Waals surface area contributed by atoms with Gasteiger partial charge >= 0.3 is 0 Å². The smallest absolute Gasteiger partial charge is 0.265 e. The van der Waals surface area contributed by atoms with Crippen LogP contribution in [0.1, 0.15) is 26.7 Å². The number of sulfonamides is 1. The molecule has 2 amide bonds. The molecule has 176 valence electrons. The predicted molar refractivity (Wildman–Crippen MR) is 123 cm³/mol. The van der Waals surface area contributed by atoms with E-state index in [-0.39, 0.29) is 35.7 Å². The van der Waals surface area contributed by atoms with E-state index in [9.17, 15) is 18.0 Å². The highest BCUT2D eigenvalue weighted by atomic mass is 32.2. The topological polar surface area (TPSA) is 114 Å². The minimum Gasteiger partial charge on any atom is -0.492 e. The molecule has 2 aliphatic rings. The lowest BCUT2D eigenvalue weighted by Gasteiger charge is -2.31. The van der Waals surface area contributed by atoms with E-state index in [1.165, 1.54) is 16.4 Å². The molecule has 1 unspecified atom stereocenters. The molecule has 2 N–H and O–H groups in total. The first-order chi connectivity index (χ1) is 15.8. The molecule has 0 aliphatic carbocycles. The molecule has 1 fully saturated rings. The van der Waals surface area contributed by atoms with Crippen molar-refractivity contribution in [2.75, 3.05) is 30.3 Å². The normalized spacial score (nSPS) is 19.2. The monoisotopic (exact) mass is 473 g/mol. The summed E-state index contributed by atoms with van der Waals surface area (Å²) in [4.78, 5) is 24.7. The highest BCUT2D eigenvalue weighted by Crippen LogP contribution is 2.34. The molecule has 9 nitrogen and oxygen atoms in total. The molecule has 0 bridgehead atoms.